The summed E-state index contributed by atoms with van der Waals surface area (Å²) in [5.41, 5.74) is 19.5. The molecule has 1 aliphatic rings. The van der Waals surface area contributed by atoms with Crippen LogP contribution >= 0.6 is 0 Å². The monoisotopic (exact) mass is 875 g/mol. The molecule has 0 spiro atoms. The summed E-state index contributed by atoms with van der Waals surface area (Å²) in [5.74, 6) is 0.998. The van der Waals surface area contributed by atoms with E-state index in [9.17, 15) is 5.11 Å². The number of aromatic hydroxyl groups is 1. The number of phenolic OH excluding ortho intramolecular Hbond substituents is 1. The molecule has 2 heterocycles. The molecule has 0 saturated carbocycles. The summed E-state index contributed by atoms with van der Waals surface area (Å²) in [6, 6.07) is 59.3. The molecule has 0 amide bonds. The Kier molecular flexibility index (Phi) is 11.1. The fourth-order valence-corrected chi connectivity index (χ4v) is 9.99. The smallest absolute Gasteiger partial charge is 0.149 e. The summed E-state index contributed by atoms with van der Waals surface area (Å²) >= 11 is 0. The van der Waals surface area contributed by atoms with Crippen molar-refractivity contribution in [2.45, 2.75) is 97.3 Å². The molecule has 334 valence electrons. The zero-order chi connectivity index (χ0) is 46.7. The van der Waals surface area contributed by atoms with Gasteiger partial charge in [-0.1, -0.05) is 165 Å². The molecule has 4 nitrogen and oxygen atoms in total. The zero-order valence-corrected chi connectivity index (χ0v) is 40.3. The maximum atomic E-state index is 12.0. The Morgan fingerprint density at radius 3 is 1.81 bits per heavy atom. The highest BCUT2D eigenvalue weighted by atomic mass is 16.3. The fourth-order valence-electron chi connectivity index (χ4n) is 9.99. The molecular weight excluding hydrogens is 815 g/mol. The van der Waals surface area contributed by atoms with Crippen molar-refractivity contribution in [3.63, 3.8) is 0 Å². The van der Waals surface area contributed by atoms with Gasteiger partial charge in [0.05, 0.1) is 28.0 Å². The topological polar surface area (TPSA) is 50.9 Å². The van der Waals surface area contributed by atoms with Crippen molar-refractivity contribution in [3.05, 3.63) is 203 Å². The lowest BCUT2D eigenvalue weighted by Crippen LogP contribution is -2.18. The Hall–Kier alpha value is -7.04. The van der Waals surface area contributed by atoms with Crippen LogP contribution in [0.5, 0.6) is 5.75 Å². The van der Waals surface area contributed by atoms with Gasteiger partial charge in [-0.2, -0.15) is 0 Å². The number of benzene rings is 7. The van der Waals surface area contributed by atoms with Gasteiger partial charge in [0.1, 0.15) is 11.6 Å². The standard InChI is InChI=1S/C63H61N3O/c1-61(2,3)50-30-31-56(53(40-50)42-18-11-9-12-19-42)66-57-25-17-24-52(59(57)65-60(66)54-37-43-20-15-16-21-44(43)39-58(54)67)46-34-47(36-51(35-46)62(4,5)6)55-38-45(32-33-64-55)41-26-28-49(29-27-41)63(7,8)48-22-13-10-14-23-48/h9-14,17-19,22-40,67H,15-16,20-21H2,1-8H3. The highest BCUT2D eigenvalue weighted by Gasteiger charge is 2.27. The lowest BCUT2D eigenvalue weighted by molar-refractivity contribution is 0.474. The van der Waals surface area contributed by atoms with Gasteiger partial charge < -0.3 is 5.11 Å². The van der Waals surface area contributed by atoms with Crippen molar-refractivity contribution in [2.24, 2.45) is 0 Å². The molecule has 0 unspecified atom stereocenters. The SMILES string of the molecule is CC(C)(C)c1cc(-c2cc(-c3ccc(C(C)(C)c4ccccc4)cc3)ccn2)cc(-c2cccc3c2nc(-c2cc4c(cc2O)CCCC4)n3-c2ccc(C(C)(C)C)cc2-c2ccccc2)c1. The number of aromatic nitrogens is 3. The number of rotatable bonds is 8. The number of fused-ring (bicyclic) bond motifs is 2. The van der Waals surface area contributed by atoms with Crippen molar-refractivity contribution in [2.75, 3.05) is 0 Å². The Morgan fingerprint density at radius 2 is 1.10 bits per heavy atom. The number of imidazole rings is 1. The van der Waals surface area contributed by atoms with Crippen molar-refractivity contribution in [3.8, 4) is 67.5 Å². The lowest BCUT2D eigenvalue weighted by Gasteiger charge is -2.26. The number of phenols is 1. The van der Waals surface area contributed by atoms with Crippen molar-refractivity contribution < 1.29 is 5.11 Å². The van der Waals surface area contributed by atoms with Gasteiger partial charge in [-0.15, -0.1) is 0 Å². The van der Waals surface area contributed by atoms with Gasteiger partial charge in [0.2, 0.25) is 0 Å². The van der Waals surface area contributed by atoms with E-state index in [4.69, 9.17) is 9.97 Å². The minimum Gasteiger partial charge on any atom is -0.507 e. The van der Waals surface area contributed by atoms with E-state index in [1.807, 2.05) is 12.3 Å². The number of para-hydroxylation sites is 1. The maximum absolute atomic E-state index is 12.0. The highest BCUT2D eigenvalue weighted by molar-refractivity contribution is 5.98. The number of nitrogens with zero attached hydrogens (tertiary/aromatic N) is 3. The van der Waals surface area contributed by atoms with Gasteiger partial charge in [-0.05, 0) is 147 Å². The minimum absolute atomic E-state index is 0.0552. The van der Waals surface area contributed by atoms with Crippen LogP contribution in [0.1, 0.15) is 102 Å². The Bertz CT molecular complexity index is 3270. The molecule has 9 aromatic rings. The molecule has 1 N–H and O–H groups in total. The van der Waals surface area contributed by atoms with Crippen LogP contribution in [0.15, 0.2) is 170 Å². The summed E-state index contributed by atoms with van der Waals surface area (Å²) in [5, 5.41) is 12.0. The summed E-state index contributed by atoms with van der Waals surface area (Å²) in [6.45, 7) is 18.2. The summed E-state index contributed by atoms with van der Waals surface area (Å²) in [4.78, 5) is 10.6. The van der Waals surface area contributed by atoms with Crippen LogP contribution in [0.2, 0.25) is 0 Å². The Balaban J connectivity index is 1.15. The summed E-state index contributed by atoms with van der Waals surface area (Å²) in [7, 11) is 0. The van der Waals surface area contributed by atoms with E-state index in [1.165, 1.54) is 33.4 Å². The average Bonchev–Trinajstić information content (AvgIpc) is 3.73. The van der Waals surface area contributed by atoms with E-state index in [0.717, 1.165) is 98.4 Å². The first-order chi connectivity index (χ1) is 32.1. The van der Waals surface area contributed by atoms with E-state index in [2.05, 4.69) is 218 Å². The maximum Gasteiger partial charge on any atom is 0.149 e. The minimum atomic E-state index is -0.142. The molecular formula is C63H61N3O. The normalized spacial score (nSPS) is 13.2. The van der Waals surface area contributed by atoms with Crippen LogP contribution < -0.4 is 0 Å². The van der Waals surface area contributed by atoms with Crippen LogP contribution in [0, 0.1) is 0 Å². The molecule has 0 aliphatic heterocycles. The molecule has 0 bridgehead atoms. The first-order valence-electron chi connectivity index (χ1n) is 24.0. The number of pyridine rings is 1. The van der Waals surface area contributed by atoms with Crippen molar-refractivity contribution in [1.82, 2.24) is 14.5 Å². The Labute approximate surface area is 397 Å². The fraction of sp³-hybridized carbons (Fsp3) is 0.238. The first-order valence-corrected chi connectivity index (χ1v) is 24.0. The molecule has 7 aromatic carbocycles. The van der Waals surface area contributed by atoms with Crippen LogP contribution in [0.3, 0.4) is 0 Å². The predicted molar refractivity (Wildman–Crippen MR) is 280 cm³/mol. The van der Waals surface area contributed by atoms with E-state index < -0.39 is 0 Å². The van der Waals surface area contributed by atoms with Gasteiger partial charge >= 0.3 is 0 Å². The number of aryl methyl sites for hydroxylation is 2. The van der Waals surface area contributed by atoms with Gasteiger partial charge in [0, 0.05) is 28.3 Å². The molecule has 67 heavy (non-hydrogen) atoms. The second-order valence-electron chi connectivity index (χ2n) is 21.2. The molecule has 4 heteroatoms. The third kappa shape index (κ3) is 8.39. The van der Waals surface area contributed by atoms with Crippen molar-refractivity contribution >= 4 is 11.0 Å². The van der Waals surface area contributed by atoms with Gasteiger partial charge in [-0.25, -0.2) is 4.98 Å². The van der Waals surface area contributed by atoms with Crippen LogP contribution in [0.25, 0.3) is 72.7 Å². The van der Waals surface area contributed by atoms with E-state index in [1.54, 1.807) is 0 Å². The number of hydrogen-bond acceptors (Lipinski definition) is 3. The first kappa shape index (κ1) is 43.8. The zero-order valence-electron chi connectivity index (χ0n) is 40.3. The average molecular weight is 876 g/mol. The third-order valence-electron chi connectivity index (χ3n) is 14.2. The second kappa shape index (κ2) is 17.0. The largest absolute Gasteiger partial charge is 0.507 e. The molecule has 0 fully saturated rings. The van der Waals surface area contributed by atoms with Crippen molar-refractivity contribution in [1.29, 1.82) is 0 Å². The second-order valence-corrected chi connectivity index (χ2v) is 21.2. The third-order valence-corrected chi connectivity index (χ3v) is 14.2. The van der Waals surface area contributed by atoms with Crippen LogP contribution in [0.4, 0.5) is 0 Å². The molecule has 0 radical (unpaired) electrons. The van der Waals surface area contributed by atoms with E-state index >= 15 is 0 Å². The highest BCUT2D eigenvalue weighted by Crippen LogP contribution is 2.44. The molecule has 0 saturated heterocycles. The molecule has 10 rings (SSSR count). The molecule has 1 aliphatic carbocycles. The van der Waals surface area contributed by atoms with Gasteiger partial charge in [-0.3, -0.25) is 9.55 Å². The lowest BCUT2D eigenvalue weighted by atomic mass is 9.78. The van der Waals surface area contributed by atoms with Crippen LogP contribution in [-0.2, 0) is 29.1 Å². The Morgan fingerprint density at radius 1 is 0.463 bits per heavy atom. The summed E-state index contributed by atoms with van der Waals surface area (Å²) in [6.07, 6.45) is 6.21. The van der Waals surface area contributed by atoms with Gasteiger partial charge in [0.25, 0.3) is 0 Å². The quantitative estimate of drug-likeness (QED) is 0.165. The number of hydrogen-bond donors (Lipinski definition) is 1. The summed E-state index contributed by atoms with van der Waals surface area (Å²) < 4.78 is 2.30. The van der Waals surface area contributed by atoms with E-state index in [-0.39, 0.29) is 22.0 Å². The van der Waals surface area contributed by atoms with E-state index in [0.29, 0.717) is 0 Å². The molecule has 0 atom stereocenters. The van der Waals surface area contributed by atoms with Gasteiger partial charge in [0.15, 0.2) is 0 Å². The van der Waals surface area contributed by atoms with Crippen LogP contribution in [-0.4, -0.2) is 19.6 Å². The predicted octanol–water partition coefficient (Wildman–Crippen LogP) is 16.3. The molecule has 2 aromatic heterocycles.